The zero-order valence-electron chi connectivity index (χ0n) is 18.6. The van der Waals surface area contributed by atoms with E-state index in [1.165, 1.54) is 34.6 Å². The molecule has 11 heteroatoms. The zero-order chi connectivity index (χ0) is 23.3. The second kappa shape index (κ2) is 10.3. The first-order valence-electron chi connectivity index (χ1n) is 10.8. The Bertz CT molecular complexity index is 1150. The summed E-state index contributed by atoms with van der Waals surface area (Å²) in [5.74, 6) is 1.10. The second-order valence-corrected chi connectivity index (χ2v) is 9.54. The molecular formula is C22H27N5O5S. The highest BCUT2D eigenvalue weighted by atomic mass is 32.2. The maximum atomic E-state index is 13.7. The molecule has 1 atom stereocenters. The molecule has 0 bridgehead atoms. The first-order chi connectivity index (χ1) is 16.0. The number of rotatable bonds is 10. The summed E-state index contributed by atoms with van der Waals surface area (Å²) in [4.78, 5) is 0.125. The van der Waals surface area contributed by atoms with Crippen LogP contribution in [0.15, 0.2) is 53.7 Å². The fourth-order valence-corrected chi connectivity index (χ4v) is 5.23. The molecule has 1 aromatic heterocycles. The van der Waals surface area contributed by atoms with Gasteiger partial charge >= 0.3 is 0 Å². The van der Waals surface area contributed by atoms with Gasteiger partial charge in [0, 0.05) is 25.8 Å². The van der Waals surface area contributed by atoms with Crippen LogP contribution in [-0.4, -0.2) is 65.9 Å². The van der Waals surface area contributed by atoms with Crippen LogP contribution in [0.25, 0.3) is 5.69 Å². The van der Waals surface area contributed by atoms with E-state index in [4.69, 9.17) is 14.2 Å². The van der Waals surface area contributed by atoms with Gasteiger partial charge in [0.05, 0.1) is 24.7 Å². The molecule has 0 unspecified atom stereocenters. The third-order valence-corrected chi connectivity index (χ3v) is 7.22. The van der Waals surface area contributed by atoms with Gasteiger partial charge in [-0.25, -0.2) is 8.42 Å². The Morgan fingerprint density at radius 1 is 1.21 bits per heavy atom. The Morgan fingerprint density at radius 3 is 2.67 bits per heavy atom. The molecule has 2 heterocycles. The molecule has 3 aromatic rings. The maximum Gasteiger partial charge on any atom is 0.243 e. The minimum atomic E-state index is -3.84. The minimum absolute atomic E-state index is 0.125. The fraction of sp³-hybridized carbons (Fsp3) is 0.409. The van der Waals surface area contributed by atoms with Crippen molar-refractivity contribution in [1.82, 2.24) is 24.5 Å². The van der Waals surface area contributed by atoms with Crippen molar-refractivity contribution in [3.63, 3.8) is 0 Å². The Hall–Kier alpha value is -3.02. The molecule has 1 aliphatic rings. The molecule has 0 saturated carbocycles. The van der Waals surface area contributed by atoms with Gasteiger partial charge < -0.3 is 14.2 Å². The molecule has 0 amide bonds. The average Bonchev–Trinajstić information content (AvgIpc) is 3.54. The summed E-state index contributed by atoms with van der Waals surface area (Å²) in [6, 6.07) is 12.1. The van der Waals surface area contributed by atoms with Crippen LogP contribution >= 0.6 is 0 Å². The van der Waals surface area contributed by atoms with E-state index in [0.29, 0.717) is 24.7 Å². The van der Waals surface area contributed by atoms with Gasteiger partial charge in [-0.2, -0.15) is 8.99 Å². The third kappa shape index (κ3) is 5.32. The van der Waals surface area contributed by atoms with Crippen LogP contribution in [0, 0.1) is 0 Å². The molecule has 1 fully saturated rings. The highest BCUT2D eigenvalue weighted by Gasteiger charge is 2.30. The summed E-state index contributed by atoms with van der Waals surface area (Å²) in [6.07, 6.45) is 3.04. The predicted molar refractivity (Wildman–Crippen MR) is 120 cm³/mol. The van der Waals surface area contributed by atoms with Crippen LogP contribution in [0.4, 0.5) is 0 Å². The summed E-state index contributed by atoms with van der Waals surface area (Å²) in [5, 5.41) is 11.1. The first kappa shape index (κ1) is 23.1. The highest BCUT2D eigenvalue weighted by Crippen LogP contribution is 2.29. The average molecular weight is 474 g/mol. The van der Waals surface area contributed by atoms with Crippen molar-refractivity contribution in [2.24, 2.45) is 0 Å². The predicted octanol–water partition coefficient (Wildman–Crippen LogP) is 2.44. The topological polar surface area (TPSA) is 109 Å². The minimum Gasteiger partial charge on any atom is -0.494 e. The van der Waals surface area contributed by atoms with Crippen molar-refractivity contribution in [3.8, 4) is 17.2 Å². The number of aromatic nitrogens is 4. The van der Waals surface area contributed by atoms with Gasteiger partial charge in [-0.1, -0.05) is 12.1 Å². The normalized spacial score (nSPS) is 16.3. The van der Waals surface area contributed by atoms with Crippen molar-refractivity contribution in [1.29, 1.82) is 0 Å². The van der Waals surface area contributed by atoms with Crippen molar-refractivity contribution in [2.45, 2.75) is 37.3 Å². The van der Waals surface area contributed by atoms with E-state index in [-0.39, 0.29) is 24.1 Å². The number of hydrogen-bond donors (Lipinski definition) is 0. The first-order valence-corrected chi connectivity index (χ1v) is 12.2. The fourth-order valence-electron chi connectivity index (χ4n) is 3.75. The number of benzene rings is 2. The van der Waals surface area contributed by atoms with Crippen LogP contribution < -0.4 is 9.47 Å². The van der Waals surface area contributed by atoms with Crippen molar-refractivity contribution < 1.29 is 22.6 Å². The Kier molecular flexibility index (Phi) is 7.21. The Labute approximate surface area is 193 Å². The lowest BCUT2D eigenvalue weighted by molar-refractivity contribution is 0.0926. The molecule has 10 nitrogen and oxygen atoms in total. The van der Waals surface area contributed by atoms with E-state index in [0.717, 1.165) is 24.2 Å². The van der Waals surface area contributed by atoms with E-state index >= 15 is 0 Å². The molecule has 2 aromatic carbocycles. The van der Waals surface area contributed by atoms with Crippen LogP contribution in [-0.2, 0) is 21.3 Å². The molecule has 4 rings (SSSR count). The molecule has 0 radical (unpaired) electrons. The van der Waals surface area contributed by atoms with Gasteiger partial charge in [0.15, 0.2) is 0 Å². The monoisotopic (exact) mass is 473 g/mol. The molecule has 1 saturated heterocycles. The third-order valence-electron chi connectivity index (χ3n) is 5.41. The second-order valence-electron chi connectivity index (χ2n) is 7.60. The van der Waals surface area contributed by atoms with Crippen molar-refractivity contribution >= 4 is 10.0 Å². The van der Waals surface area contributed by atoms with Gasteiger partial charge in [0.1, 0.15) is 23.5 Å². The maximum absolute atomic E-state index is 13.7. The van der Waals surface area contributed by atoms with Crippen LogP contribution in [0.5, 0.6) is 11.5 Å². The quantitative estimate of drug-likeness (QED) is 0.442. The van der Waals surface area contributed by atoms with E-state index in [1.54, 1.807) is 6.07 Å². The number of methoxy groups -OCH3 is 1. The van der Waals surface area contributed by atoms with Gasteiger partial charge in [-0.3, -0.25) is 0 Å². The van der Waals surface area contributed by atoms with E-state index in [1.807, 2.05) is 31.2 Å². The SMILES string of the molecule is CCOc1ccc(CN(C[C@@H]2CCCO2)S(=O)(=O)c2ccc(-n3cnnn3)c(OC)c2)cc1. The number of sulfonamides is 1. The van der Waals surface area contributed by atoms with Crippen LogP contribution in [0.1, 0.15) is 25.3 Å². The summed E-state index contributed by atoms with van der Waals surface area (Å²) >= 11 is 0. The van der Waals surface area contributed by atoms with E-state index < -0.39 is 10.0 Å². The molecule has 176 valence electrons. The number of ether oxygens (including phenoxy) is 3. The molecular weight excluding hydrogens is 446 g/mol. The Balaban J connectivity index is 1.64. The van der Waals surface area contributed by atoms with Crippen LogP contribution in [0.3, 0.4) is 0 Å². The van der Waals surface area contributed by atoms with Gasteiger partial charge in [0.2, 0.25) is 10.0 Å². The molecule has 1 aliphatic heterocycles. The van der Waals surface area contributed by atoms with Crippen LogP contribution in [0.2, 0.25) is 0 Å². The zero-order valence-corrected chi connectivity index (χ0v) is 19.4. The molecule has 0 spiro atoms. The lowest BCUT2D eigenvalue weighted by atomic mass is 10.2. The van der Waals surface area contributed by atoms with Gasteiger partial charge in [-0.05, 0) is 60.0 Å². The van der Waals surface area contributed by atoms with Crippen molar-refractivity contribution in [3.05, 3.63) is 54.4 Å². The summed E-state index contributed by atoms with van der Waals surface area (Å²) < 4.78 is 47.0. The van der Waals surface area contributed by atoms with E-state index in [2.05, 4.69) is 15.5 Å². The standard InChI is InChI=1S/C22H27N5O5S/c1-3-31-18-8-6-17(7-9-18)14-26(15-19-5-4-12-32-19)33(28,29)20-10-11-21(22(13-20)30-2)27-16-23-24-25-27/h6-11,13,16,19H,3-5,12,14-15H2,1-2H3/t19-/m0/s1. The number of hydrogen-bond acceptors (Lipinski definition) is 8. The molecule has 0 aliphatic carbocycles. The lowest BCUT2D eigenvalue weighted by Gasteiger charge is -2.25. The molecule has 33 heavy (non-hydrogen) atoms. The van der Waals surface area contributed by atoms with Gasteiger partial charge in [-0.15, -0.1) is 5.10 Å². The van der Waals surface area contributed by atoms with Crippen molar-refractivity contribution in [2.75, 3.05) is 26.9 Å². The smallest absolute Gasteiger partial charge is 0.243 e. The summed E-state index contributed by atoms with van der Waals surface area (Å²) in [6.45, 7) is 3.62. The van der Waals surface area contributed by atoms with Gasteiger partial charge in [0.25, 0.3) is 0 Å². The lowest BCUT2D eigenvalue weighted by Crippen LogP contribution is -2.37. The summed E-state index contributed by atoms with van der Waals surface area (Å²) in [5.41, 5.74) is 1.40. The summed E-state index contributed by atoms with van der Waals surface area (Å²) in [7, 11) is -2.37. The number of nitrogens with zero attached hydrogens (tertiary/aromatic N) is 5. The number of tetrazole rings is 1. The highest BCUT2D eigenvalue weighted by molar-refractivity contribution is 7.89. The molecule has 0 N–H and O–H groups in total. The largest absolute Gasteiger partial charge is 0.494 e. The van der Waals surface area contributed by atoms with E-state index in [9.17, 15) is 8.42 Å². The Morgan fingerprint density at radius 2 is 2.03 bits per heavy atom.